The smallest absolute Gasteiger partial charge is 0.164 e. The molecule has 0 radical (unpaired) electrons. The highest BCUT2D eigenvalue weighted by Gasteiger charge is 1.89. The van der Waals surface area contributed by atoms with Crippen LogP contribution in [0.1, 0.15) is 5.56 Å². The monoisotopic (exact) mass is 189 g/mol. The van der Waals surface area contributed by atoms with Gasteiger partial charge >= 0.3 is 0 Å². The van der Waals surface area contributed by atoms with Crippen molar-refractivity contribution in [3.05, 3.63) is 36.2 Å². The van der Waals surface area contributed by atoms with Crippen LogP contribution in [-0.4, -0.2) is 31.6 Å². The van der Waals surface area contributed by atoms with E-state index in [2.05, 4.69) is 20.6 Å². The molecular weight excluding hydrogens is 182 g/mol. The second-order valence-electron chi connectivity index (χ2n) is 2.57. The van der Waals surface area contributed by atoms with Gasteiger partial charge in [0.2, 0.25) is 0 Å². The SMILES string of the molecule is Oc1ccc(C=Nn2cnnn2)cc1. The van der Waals surface area contributed by atoms with Crippen LogP contribution in [0.2, 0.25) is 0 Å². The summed E-state index contributed by atoms with van der Waals surface area (Å²) in [5, 5.41) is 23.4. The van der Waals surface area contributed by atoms with E-state index in [1.807, 2.05) is 0 Å². The number of phenolic OH excluding ortho intramolecular Hbond substituents is 1. The molecule has 6 heteroatoms. The van der Waals surface area contributed by atoms with Gasteiger partial charge in [-0.1, -0.05) is 0 Å². The largest absolute Gasteiger partial charge is 0.508 e. The Balaban J connectivity index is 2.15. The van der Waals surface area contributed by atoms with E-state index in [4.69, 9.17) is 5.11 Å². The van der Waals surface area contributed by atoms with E-state index in [1.165, 1.54) is 11.1 Å². The van der Waals surface area contributed by atoms with Gasteiger partial charge in [0.05, 0.1) is 6.21 Å². The highest BCUT2D eigenvalue weighted by molar-refractivity contribution is 5.79. The lowest BCUT2D eigenvalue weighted by Gasteiger charge is -1.92. The average molecular weight is 189 g/mol. The normalized spacial score (nSPS) is 10.9. The Bertz CT molecular complexity index is 420. The van der Waals surface area contributed by atoms with Crippen LogP contribution < -0.4 is 0 Å². The van der Waals surface area contributed by atoms with Gasteiger partial charge in [-0.3, -0.25) is 0 Å². The predicted molar refractivity (Wildman–Crippen MR) is 48.9 cm³/mol. The quantitative estimate of drug-likeness (QED) is 0.687. The lowest BCUT2D eigenvalue weighted by Crippen LogP contribution is -1.91. The number of rotatable bonds is 2. The van der Waals surface area contributed by atoms with Crippen molar-refractivity contribution in [1.82, 2.24) is 20.3 Å². The fourth-order valence-electron chi connectivity index (χ4n) is 0.896. The van der Waals surface area contributed by atoms with Crippen LogP contribution in [0.15, 0.2) is 35.7 Å². The van der Waals surface area contributed by atoms with Crippen molar-refractivity contribution in [2.75, 3.05) is 0 Å². The first-order valence-corrected chi connectivity index (χ1v) is 3.91. The second kappa shape index (κ2) is 3.65. The van der Waals surface area contributed by atoms with Crippen LogP contribution in [0, 0.1) is 0 Å². The minimum atomic E-state index is 0.226. The minimum absolute atomic E-state index is 0.226. The molecule has 0 aliphatic carbocycles. The molecule has 0 saturated carbocycles. The van der Waals surface area contributed by atoms with Crippen LogP contribution >= 0.6 is 0 Å². The van der Waals surface area contributed by atoms with Gasteiger partial charge in [-0.25, -0.2) is 0 Å². The van der Waals surface area contributed by atoms with Crippen molar-refractivity contribution < 1.29 is 5.11 Å². The molecule has 1 aromatic carbocycles. The molecule has 1 heterocycles. The van der Waals surface area contributed by atoms with E-state index in [0.717, 1.165) is 5.56 Å². The standard InChI is InChI=1S/C8H7N5O/c14-8-3-1-7(2-4-8)5-10-13-6-9-11-12-13/h1-6,14H. The summed E-state index contributed by atoms with van der Waals surface area (Å²) >= 11 is 0. The number of aromatic nitrogens is 4. The molecule has 1 N–H and O–H groups in total. The molecule has 70 valence electrons. The zero-order valence-corrected chi connectivity index (χ0v) is 7.15. The fraction of sp³-hybridized carbons (Fsp3) is 0. The van der Waals surface area contributed by atoms with Gasteiger partial charge in [-0.05, 0) is 40.3 Å². The van der Waals surface area contributed by atoms with E-state index in [9.17, 15) is 0 Å². The number of hydrogen-bond donors (Lipinski definition) is 1. The molecular formula is C8H7N5O. The van der Waals surface area contributed by atoms with Gasteiger partial charge in [-0.15, -0.1) is 9.89 Å². The molecule has 0 saturated heterocycles. The highest BCUT2D eigenvalue weighted by Crippen LogP contribution is 2.07. The van der Waals surface area contributed by atoms with Crippen molar-refractivity contribution in [2.24, 2.45) is 5.10 Å². The first-order chi connectivity index (χ1) is 6.84. The summed E-state index contributed by atoms with van der Waals surface area (Å²) in [4.78, 5) is 1.24. The van der Waals surface area contributed by atoms with E-state index < -0.39 is 0 Å². The van der Waals surface area contributed by atoms with Gasteiger partial charge < -0.3 is 5.11 Å². The summed E-state index contributed by atoms with van der Waals surface area (Å²) in [7, 11) is 0. The molecule has 14 heavy (non-hydrogen) atoms. The van der Waals surface area contributed by atoms with E-state index >= 15 is 0 Å². The summed E-state index contributed by atoms with van der Waals surface area (Å²) in [5.74, 6) is 0.226. The molecule has 1 aromatic heterocycles. The topological polar surface area (TPSA) is 76.2 Å². The molecule has 0 amide bonds. The third-order valence-corrected chi connectivity index (χ3v) is 1.56. The van der Waals surface area contributed by atoms with Gasteiger partial charge in [0.25, 0.3) is 0 Å². The maximum Gasteiger partial charge on any atom is 0.164 e. The Hall–Kier alpha value is -2.24. The first kappa shape index (κ1) is 8.36. The highest BCUT2D eigenvalue weighted by atomic mass is 16.3. The van der Waals surface area contributed by atoms with Gasteiger partial charge in [0, 0.05) is 0 Å². The van der Waals surface area contributed by atoms with Crippen molar-refractivity contribution >= 4 is 6.21 Å². The summed E-state index contributed by atoms with van der Waals surface area (Å²) < 4.78 is 0. The maximum atomic E-state index is 9.03. The molecule has 0 spiro atoms. The number of benzene rings is 1. The zero-order valence-electron chi connectivity index (χ0n) is 7.15. The van der Waals surface area contributed by atoms with E-state index in [1.54, 1.807) is 30.5 Å². The molecule has 0 unspecified atom stereocenters. The first-order valence-electron chi connectivity index (χ1n) is 3.91. The molecule has 0 atom stereocenters. The molecule has 2 rings (SSSR count). The van der Waals surface area contributed by atoms with Crippen molar-refractivity contribution in [1.29, 1.82) is 0 Å². The number of nitrogens with zero attached hydrogens (tertiary/aromatic N) is 5. The summed E-state index contributed by atoms with van der Waals surface area (Å²) in [6.07, 6.45) is 2.98. The molecule has 0 aliphatic rings. The number of aromatic hydroxyl groups is 1. The number of phenols is 1. The Morgan fingerprint density at radius 2 is 2.07 bits per heavy atom. The molecule has 2 aromatic rings. The van der Waals surface area contributed by atoms with Crippen molar-refractivity contribution in [3.63, 3.8) is 0 Å². The van der Waals surface area contributed by atoms with Crippen molar-refractivity contribution in [2.45, 2.75) is 0 Å². The van der Waals surface area contributed by atoms with Crippen LogP contribution in [0.3, 0.4) is 0 Å². The third-order valence-electron chi connectivity index (χ3n) is 1.56. The van der Waals surface area contributed by atoms with E-state index in [0.29, 0.717) is 0 Å². The lowest BCUT2D eigenvalue weighted by molar-refractivity contribution is 0.475. The second-order valence-corrected chi connectivity index (χ2v) is 2.57. The minimum Gasteiger partial charge on any atom is -0.508 e. The Labute approximate surface area is 79.5 Å². The van der Waals surface area contributed by atoms with Crippen LogP contribution in [-0.2, 0) is 0 Å². The zero-order chi connectivity index (χ0) is 9.80. The molecule has 6 nitrogen and oxygen atoms in total. The van der Waals surface area contributed by atoms with E-state index in [-0.39, 0.29) is 5.75 Å². The maximum absolute atomic E-state index is 9.03. The molecule has 0 fully saturated rings. The van der Waals surface area contributed by atoms with Crippen molar-refractivity contribution in [3.8, 4) is 5.75 Å². The predicted octanol–water partition coefficient (Wildman–Crippen LogP) is 0.261. The van der Waals surface area contributed by atoms with Crippen LogP contribution in [0.4, 0.5) is 0 Å². The average Bonchev–Trinajstić information content (AvgIpc) is 2.70. The summed E-state index contributed by atoms with van der Waals surface area (Å²) in [6.45, 7) is 0. The fourth-order valence-corrected chi connectivity index (χ4v) is 0.896. The molecule has 0 aliphatic heterocycles. The summed E-state index contributed by atoms with van der Waals surface area (Å²) in [6, 6.07) is 6.65. The Morgan fingerprint density at radius 1 is 1.29 bits per heavy atom. The number of hydrogen-bond acceptors (Lipinski definition) is 5. The lowest BCUT2D eigenvalue weighted by atomic mass is 10.2. The van der Waals surface area contributed by atoms with Crippen LogP contribution in [0.5, 0.6) is 5.75 Å². The van der Waals surface area contributed by atoms with Gasteiger partial charge in [0.1, 0.15) is 5.75 Å². The van der Waals surface area contributed by atoms with Crippen LogP contribution in [0.25, 0.3) is 0 Å². The Morgan fingerprint density at radius 3 is 2.71 bits per heavy atom. The Kier molecular flexibility index (Phi) is 2.18. The van der Waals surface area contributed by atoms with Gasteiger partial charge in [0.15, 0.2) is 6.33 Å². The summed E-state index contributed by atoms with van der Waals surface area (Å²) in [5.41, 5.74) is 0.860. The van der Waals surface area contributed by atoms with Gasteiger partial charge in [-0.2, -0.15) is 5.10 Å². The third kappa shape index (κ3) is 1.92. The molecule has 0 bridgehead atoms. The number of tetrazole rings is 1.